The number of carboxylic acids is 1. The van der Waals surface area contributed by atoms with E-state index in [0.717, 1.165) is 0 Å². The van der Waals surface area contributed by atoms with Gasteiger partial charge in [0.25, 0.3) is 5.91 Å². The summed E-state index contributed by atoms with van der Waals surface area (Å²) in [5.41, 5.74) is 1.90. The van der Waals surface area contributed by atoms with E-state index >= 15 is 0 Å². The van der Waals surface area contributed by atoms with Gasteiger partial charge in [0, 0.05) is 12.1 Å². The summed E-state index contributed by atoms with van der Waals surface area (Å²) in [4.78, 5) is 22.1. The molecule has 0 atom stereocenters. The van der Waals surface area contributed by atoms with Crippen molar-refractivity contribution in [2.24, 2.45) is 0 Å². The van der Waals surface area contributed by atoms with Crippen molar-refractivity contribution >= 4 is 11.9 Å². The Morgan fingerprint density at radius 2 is 1.79 bits per heavy atom. The van der Waals surface area contributed by atoms with Gasteiger partial charge in [-0.05, 0) is 36.5 Å². The first kappa shape index (κ1) is 13.6. The molecule has 1 aromatic carbocycles. The third kappa shape index (κ3) is 3.81. The molecule has 0 aromatic heterocycles. The Morgan fingerprint density at radius 1 is 1.16 bits per heavy atom. The van der Waals surface area contributed by atoms with Crippen molar-refractivity contribution in [3.8, 4) is 0 Å². The van der Waals surface area contributed by atoms with Crippen LogP contribution in [0.1, 0.15) is 53.9 Å². The van der Waals surface area contributed by atoms with Crippen molar-refractivity contribution in [1.29, 1.82) is 0 Å². The van der Waals surface area contributed by atoms with E-state index in [9.17, 15) is 9.59 Å². The van der Waals surface area contributed by atoms with Gasteiger partial charge in [0.15, 0.2) is 0 Å². The SMILES string of the molecule is O=C(O)CCNC(=O)c1ccc(C2CCCC2)cc1. The van der Waals surface area contributed by atoms with E-state index in [1.54, 1.807) is 0 Å². The lowest BCUT2D eigenvalue weighted by Crippen LogP contribution is -2.25. The molecule has 1 fully saturated rings. The largest absolute Gasteiger partial charge is 0.481 e. The molecule has 1 aliphatic carbocycles. The van der Waals surface area contributed by atoms with E-state index in [2.05, 4.69) is 5.32 Å². The lowest BCUT2D eigenvalue weighted by Gasteiger charge is -2.10. The lowest BCUT2D eigenvalue weighted by atomic mass is 9.96. The molecule has 4 heteroatoms. The first-order valence-corrected chi connectivity index (χ1v) is 6.77. The van der Waals surface area contributed by atoms with Gasteiger partial charge in [0.1, 0.15) is 0 Å². The first-order valence-electron chi connectivity index (χ1n) is 6.77. The van der Waals surface area contributed by atoms with Crippen LogP contribution in [-0.2, 0) is 4.79 Å². The average Bonchev–Trinajstić information content (AvgIpc) is 2.92. The van der Waals surface area contributed by atoms with Crippen LogP contribution in [0.3, 0.4) is 0 Å². The van der Waals surface area contributed by atoms with Crippen LogP contribution in [0.25, 0.3) is 0 Å². The highest BCUT2D eigenvalue weighted by Crippen LogP contribution is 2.33. The van der Waals surface area contributed by atoms with Crippen LogP contribution < -0.4 is 5.32 Å². The van der Waals surface area contributed by atoms with E-state index < -0.39 is 5.97 Å². The standard InChI is InChI=1S/C15H19NO3/c17-14(18)9-10-16-15(19)13-7-5-12(6-8-13)11-3-1-2-4-11/h5-8,11H,1-4,9-10H2,(H,16,19)(H,17,18). The molecule has 102 valence electrons. The summed E-state index contributed by atoms with van der Waals surface area (Å²) < 4.78 is 0. The number of aliphatic carboxylic acids is 1. The van der Waals surface area contributed by atoms with Crippen LogP contribution in [0.4, 0.5) is 0 Å². The van der Waals surface area contributed by atoms with Crippen molar-refractivity contribution in [3.63, 3.8) is 0 Å². The summed E-state index contributed by atoms with van der Waals surface area (Å²) in [7, 11) is 0. The molecule has 0 radical (unpaired) electrons. The molecule has 1 amide bonds. The van der Waals surface area contributed by atoms with Gasteiger partial charge in [-0.2, -0.15) is 0 Å². The third-order valence-electron chi connectivity index (χ3n) is 3.62. The molecule has 0 saturated heterocycles. The Morgan fingerprint density at radius 3 is 2.37 bits per heavy atom. The Hall–Kier alpha value is -1.84. The Bertz CT molecular complexity index is 447. The van der Waals surface area contributed by atoms with Gasteiger partial charge >= 0.3 is 5.97 Å². The van der Waals surface area contributed by atoms with Gasteiger partial charge < -0.3 is 10.4 Å². The number of carbonyl (C=O) groups excluding carboxylic acids is 1. The molecule has 2 N–H and O–H groups in total. The first-order chi connectivity index (χ1) is 9.16. The molecule has 19 heavy (non-hydrogen) atoms. The van der Waals surface area contributed by atoms with Gasteiger partial charge in [-0.15, -0.1) is 0 Å². The smallest absolute Gasteiger partial charge is 0.305 e. The summed E-state index contributed by atoms with van der Waals surface area (Å²) in [6.07, 6.45) is 5.02. The maximum Gasteiger partial charge on any atom is 0.305 e. The highest BCUT2D eigenvalue weighted by atomic mass is 16.4. The second-order valence-corrected chi connectivity index (χ2v) is 5.00. The summed E-state index contributed by atoms with van der Waals surface area (Å²) in [5.74, 6) is -0.472. The summed E-state index contributed by atoms with van der Waals surface area (Å²) in [6.45, 7) is 0.165. The predicted molar refractivity (Wildman–Crippen MR) is 72.2 cm³/mol. The average molecular weight is 261 g/mol. The fourth-order valence-corrected chi connectivity index (χ4v) is 2.55. The van der Waals surface area contributed by atoms with Crippen molar-refractivity contribution in [2.75, 3.05) is 6.54 Å². The van der Waals surface area contributed by atoms with Crippen LogP contribution in [0.5, 0.6) is 0 Å². The number of carboxylic acid groups (broad SMARTS) is 1. The maximum atomic E-state index is 11.8. The van der Waals surface area contributed by atoms with Gasteiger partial charge in [0.05, 0.1) is 6.42 Å². The molecule has 0 spiro atoms. The summed E-state index contributed by atoms with van der Waals surface area (Å²) in [6, 6.07) is 7.68. The molecule has 0 unspecified atom stereocenters. The Kier molecular flexibility index (Phi) is 4.55. The molecule has 0 bridgehead atoms. The number of amides is 1. The van der Waals surface area contributed by atoms with Gasteiger partial charge in [-0.1, -0.05) is 25.0 Å². The van der Waals surface area contributed by atoms with Crippen molar-refractivity contribution < 1.29 is 14.7 Å². The maximum absolute atomic E-state index is 11.8. The molecule has 2 rings (SSSR count). The molecular weight excluding hydrogens is 242 g/mol. The Balaban J connectivity index is 1.90. The second-order valence-electron chi connectivity index (χ2n) is 5.00. The fourth-order valence-electron chi connectivity index (χ4n) is 2.55. The van der Waals surface area contributed by atoms with E-state index in [1.165, 1.54) is 31.2 Å². The van der Waals surface area contributed by atoms with Crippen LogP contribution in [0.15, 0.2) is 24.3 Å². The van der Waals surface area contributed by atoms with Crippen molar-refractivity contribution in [3.05, 3.63) is 35.4 Å². The van der Waals surface area contributed by atoms with Crippen LogP contribution in [0.2, 0.25) is 0 Å². The minimum absolute atomic E-state index is 0.0497. The number of carbonyl (C=O) groups is 2. The highest BCUT2D eigenvalue weighted by Gasteiger charge is 2.17. The Labute approximate surface area is 112 Å². The zero-order valence-electron chi connectivity index (χ0n) is 10.9. The number of hydrogen-bond acceptors (Lipinski definition) is 2. The van der Waals surface area contributed by atoms with Crippen LogP contribution in [0, 0.1) is 0 Å². The summed E-state index contributed by atoms with van der Waals surface area (Å²) in [5, 5.41) is 11.1. The van der Waals surface area contributed by atoms with Crippen LogP contribution >= 0.6 is 0 Å². The van der Waals surface area contributed by atoms with Gasteiger partial charge in [-0.25, -0.2) is 0 Å². The monoisotopic (exact) mass is 261 g/mol. The van der Waals surface area contributed by atoms with Gasteiger partial charge in [0.2, 0.25) is 0 Å². The molecule has 1 aromatic rings. The molecule has 4 nitrogen and oxygen atoms in total. The molecule has 0 heterocycles. The zero-order valence-corrected chi connectivity index (χ0v) is 10.9. The number of rotatable bonds is 5. The topological polar surface area (TPSA) is 66.4 Å². The predicted octanol–water partition coefficient (Wildman–Crippen LogP) is 2.55. The minimum Gasteiger partial charge on any atom is -0.481 e. The normalized spacial score (nSPS) is 15.4. The number of hydrogen-bond donors (Lipinski definition) is 2. The summed E-state index contributed by atoms with van der Waals surface area (Å²) >= 11 is 0. The van der Waals surface area contributed by atoms with Crippen molar-refractivity contribution in [2.45, 2.75) is 38.0 Å². The van der Waals surface area contributed by atoms with E-state index in [0.29, 0.717) is 11.5 Å². The molecular formula is C15H19NO3. The van der Waals surface area contributed by atoms with Crippen LogP contribution in [-0.4, -0.2) is 23.5 Å². The third-order valence-corrected chi connectivity index (χ3v) is 3.62. The van der Waals surface area contributed by atoms with Crippen molar-refractivity contribution in [1.82, 2.24) is 5.32 Å². The molecule has 1 saturated carbocycles. The second kappa shape index (κ2) is 6.36. The molecule has 1 aliphatic rings. The fraction of sp³-hybridized carbons (Fsp3) is 0.467. The number of nitrogens with one attached hydrogen (secondary N) is 1. The lowest BCUT2D eigenvalue weighted by molar-refractivity contribution is -0.136. The minimum atomic E-state index is -0.906. The molecule has 0 aliphatic heterocycles. The van der Waals surface area contributed by atoms with Gasteiger partial charge in [-0.3, -0.25) is 9.59 Å². The number of benzene rings is 1. The van der Waals surface area contributed by atoms with E-state index in [-0.39, 0.29) is 18.9 Å². The highest BCUT2D eigenvalue weighted by molar-refractivity contribution is 5.94. The zero-order chi connectivity index (χ0) is 13.7. The van der Waals surface area contributed by atoms with E-state index in [4.69, 9.17) is 5.11 Å². The quantitative estimate of drug-likeness (QED) is 0.856. The van der Waals surface area contributed by atoms with E-state index in [1.807, 2.05) is 24.3 Å².